The number of fused-ring (bicyclic) bond motifs is 1. The lowest BCUT2D eigenvalue weighted by molar-refractivity contribution is -0.135. The molecule has 0 atom stereocenters. The maximum atomic E-state index is 11.6. The number of ether oxygens (including phenoxy) is 1. The largest absolute Gasteiger partial charge is 0.481 e. The minimum absolute atomic E-state index is 0.0442. The van der Waals surface area contributed by atoms with Crippen LogP contribution in [0.15, 0.2) is 24.3 Å². The van der Waals surface area contributed by atoms with Crippen LogP contribution in [0.2, 0.25) is 0 Å². The number of carbonyl (C=O) groups excluding carboxylic acids is 1. The minimum atomic E-state index is -0.824. The average Bonchev–Trinajstić information content (AvgIpc) is 2.76. The molecule has 1 aliphatic carbocycles. The molecule has 0 aliphatic heterocycles. The molecule has 118 valence electrons. The monoisotopic (exact) mass is 303 g/mol. The molecule has 0 aromatic heterocycles. The van der Waals surface area contributed by atoms with Gasteiger partial charge in [0.05, 0.1) is 6.42 Å². The first-order valence-corrected chi connectivity index (χ1v) is 7.24. The molecular weight excluding hydrogens is 282 g/mol. The van der Waals surface area contributed by atoms with Gasteiger partial charge in [0.1, 0.15) is 5.60 Å². The number of nitrogens with one attached hydrogen (secondary N) is 1. The van der Waals surface area contributed by atoms with Crippen molar-refractivity contribution in [2.24, 2.45) is 0 Å². The van der Waals surface area contributed by atoms with Crippen molar-refractivity contribution in [1.29, 1.82) is 0 Å². The second kappa shape index (κ2) is 6.22. The predicted octanol–water partition coefficient (Wildman–Crippen LogP) is 3.13. The Kier molecular flexibility index (Phi) is 4.54. The van der Waals surface area contributed by atoms with E-state index in [4.69, 9.17) is 9.84 Å². The lowest BCUT2D eigenvalue weighted by Gasteiger charge is -2.19. The van der Waals surface area contributed by atoms with E-state index in [9.17, 15) is 9.59 Å². The van der Waals surface area contributed by atoms with Gasteiger partial charge in [-0.25, -0.2) is 4.79 Å². The Hall–Kier alpha value is -2.30. The van der Waals surface area contributed by atoms with Crippen LogP contribution < -0.4 is 5.32 Å². The molecule has 22 heavy (non-hydrogen) atoms. The molecule has 1 aromatic carbocycles. The van der Waals surface area contributed by atoms with E-state index in [1.54, 1.807) is 0 Å². The molecule has 0 radical (unpaired) electrons. The highest BCUT2D eigenvalue weighted by Crippen LogP contribution is 2.30. The Bertz CT molecular complexity index is 626. The number of benzene rings is 1. The van der Waals surface area contributed by atoms with Gasteiger partial charge in [0.2, 0.25) is 0 Å². The minimum Gasteiger partial charge on any atom is -0.481 e. The SMILES string of the molecule is CC(C)(C)OC(=O)NCc1ccc2c(c1)CC=C2CC(=O)O. The second-order valence-corrected chi connectivity index (χ2v) is 6.35. The Balaban J connectivity index is 1.96. The van der Waals surface area contributed by atoms with E-state index >= 15 is 0 Å². The molecule has 1 aliphatic rings. The summed E-state index contributed by atoms with van der Waals surface area (Å²) < 4.78 is 5.19. The first-order valence-electron chi connectivity index (χ1n) is 7.24. The highest BCUT2D eigenvalue weighted by Gasteiger charge is 2.18. The molecule has 0 heterocycles. The van der Waals surface area contributed by atoms with Gasteiger partial charge in [0.25, 0.3) is 0 Å². The number of alkyl carbamates (subject to hydrolysis) is 1. The van der Waals surface area contributed by atoms with Crippen molar-refractivity contribution in [3.05, 3.63) is 41.0 Å². The van der Waals surface area contributed by atoms with Gasteiger partial charge >= 0.3 is 12.1 Å². The zero-order valence-corrected chi connectivity index (χ0v) is 13.1. The quantitative estimate of drug-likeness (QED) is 0.896. The number of hydrogen-bond donors (Lipinski definition) is 2. The third-order valence-electron chi connectivity index (χ3n) is 3.26. The van der Waals surface area contributed by atoms with Gasteiger partial charge in [-0.1, -0.05) is 24.3 Å². The summed E-state index contributed by atoms with van der Waals surface area (Å²) in [5.41, 5.74) is 3.39. The Morgan fingerprint density at radius 2 is 2.05 bits per heavy atom. The normalized spacial score (nSPS) is 13.3. The molecule has 0 fully saturated rings. The number of amides is 1. The summed E-state index contributed by atoms with van der Waals surface area (Å²) in [7, 11) is 0. The molecule has 2 rings (SSSR count). The van der Waals surface area contributed by atoms with Crippen LogP contribution in [0.1, 0.15) is 43.9 Å². The van der Waals surface area contributed by atoms with Gasteiger partial charge in [0.15, 0.2) is 0 Å². The highest BCUT2D eigenvalue weighted by molar-refractivity contribution is 5.86. The number of aliphatic carboxylic acids is 1. The van der Waals surface area contributed by atoms with E-state index in [0.29, 0.717) is 6.54 Å². The molecule has 0 saturated heterocycles. The molecule has 0 saturated carbocycles. The van der Waals surface area contributed by atoms with Crippen LogP contribution in [0.25, 0.3) is 5.57 Å². The van der Waals surface area contributed by atoms with Gasteiger partial charge in [-0.05, 0) is 49.5 Å². The lowest BCUT2D eigenvalue weighted by atomic mass is 10.0. The fourth-order valence-electron chi connectivity index (χ4n) is 2.40. The first kappa shape index (κ1) is 16.1. The van der Waals surface area contributed by atoms with Crippen LogP contribution in [0, 0.1) is 0 Å². The van der Waals surface area contributed by atoms with Crippen molar-refractivity contribution >= 4 is 17.6 Å². The molecule has 5 nitrogen and oxygen atoms in total. The van der Waals surface area contributed by atoms with Crippen LogP contribution in [-0.2, 0) is 22.5 Å². The molecule has 1 amide bonds. The first-order chi connectivity index (χ1) is 10.2. The number of hydrogen-bond acceptors (Lipinski definition) is 3. The van der Waals surface area contributed by atoms with Crippen molar-refractivity contribution < 1.29 is 19.4 Å². The summed E-state index contributed by atoms with van der Waals surface area (Å²) in [5.74, 6) is -0.824. The molecular formula is C17H21NO4. The van der Waals surface area contributed by atoms with E-state index in [-0.39, 0.29) is 6.42 Å². The lowest BCUT2D eigenvalue weighted by Crippen LogP contribution is -2.32. The fourth-order valence-corrected chi connectivity index (χ4v) is 2.40. The van der Waals surface area contributed by atoms with Crippen LogP contribution in [0.3, 0.4) is 0 Å². The van der Waals surface area contributed by atoms with Gasteiger partial charge in [-0.2, -0.15) is 0 Å². The molecule has 0 spiro atoms. The van der Waals surface area contributed by atoms with E-state index < -0.39 is 17.7 Å². The third kappa shape index (κ3) is 4.35. The molecule has 1 aromatic rings. The van der Waals surface area contributed by atoms with Crippen molar-refractivity contribution in [3.63, 3.8) is 0 Å². The Labute approximate surface area is 130 Å². The maximum absolute atomic E-state index is 11.6. The van der Waals surface area contributed by atoms with E-state index in [0.717, 1.165) is 28.7 Å². The number of carboxylic acids is 1. The average molecular weight is 303 g/mol. The summed E-state index contributed by atoms with van der Waals surface area (Å²) in [5, 5.41) is 11.6. The van der Waals surface area contributed by atoms with Crippen LogP contribution >= 0.6 is 0 Å². The zero-order chi connectivity index (χ0) is 16.3. The fraction of sp³-hybridized carbons (Fsp3) is 0.412. The second-order valence-electron chi connectivity index (χ2n) is 6.35. The summed E-state index contributed by atoms with van der Waals surface area (Å²) in [4.78, 5) is 22.5. The van der Waals surface area contributed by atoms with E-state index in [2.05, 4.69) is 5.32 Å². The predicted molar refractivity (Wildman–Crippen MR) is 83.4 cm³/mol. The smallest absolute Gasteiger partial charge is 0.407 e. The Morgan fingerprint density at radius 1 is 1.32 bits per heavy atom. The number of carbonyl (C=O) groups is 2. The van der Waals surface area contributed by atoms with Gasteiger partial charge in [-0.15, -0.1) is 0 Å². The Morgan fingerprint density at radius 3 is 2.68 bits per heavy atom. The maximum Gasteiger partial charge on any atom is 0.407 e. The van der Waals surface area contributed by atoms with Gasteiger partial charge < -0.3 is 15.2 Å². The highest BCUT2D eigenvalue weighted by atomic mass is 16.6. The summed E-state index contributed by atoms with van der Waals surface area (Å²) in [6, 6.07) is 5.82. The third-order valence-corrected chi connectivity index (χ3v) is 3.26. The van der Waals surface area contributed by atoms with E-state index in [1.807, 2.05) is 45.0 Å². The van der Waals surface area contributed by atoms with Crippen LogP contribution in [0.4, 0.5) is 4.79 Å². The molecule has 5 heteroatoms. The van der Waals surface area contributed by atoms with Crippen molar-refractivity contribution in [2.45, 2.75) is 45.8 Å². The summed E-state index contributed by atoms with van der Waals surface area (Å²) >= 11 is 0. The van der Waals surface area contributed by atoms with Crippen molar-refractivity contribution in [2.75, 3.05) is 0 Å². The zero-order valence-electron chi connectivity index (χ0n) is 13.1. The summed E-state index contributed by atoms with van der Waals surface area (Å²) in [6.45, 7) is 5.84. The standard InChI is InChI=1S/C17H21NO4/c1-17(2,3)22-16(21)18-10-11-4-7-14-12(8-11)5-6-13(14)9-15(19)20/h4,6-8H,5,9-10H2,1-3H3,(H,18,21)(H,19,20). The number of carboxylic acid groups (broad SMARTS) is 1. The van der Waals surface area contributed by atoms with Gasteiger partial charge in [-0.3, -0.25) is 4.79 Å². The van der Waals surface area contributed by atoms with Crippen LogP contribution in [-0.4, -0.2) is 22.8 Å². The van der Waals surface area contributed by atoms with Crippen molar-refractivity contribution in [3.8, 4) is 0 Å². The number of allylic oxidation sites excluding steroid dienone is 1. The van der Waals surface area contributed by atoms with Crippen LogP contribution in [0.5, 0.6) is 0 Å². The molecule has 0 bridgehead atoms. The van der Waals surface area contributed by atoms with Gasteiger partial charge in [0, 0.05) is 6.54 Å². The van der Waals surface area contributed by atoms with Crippen molar-refractivity contribution in [1.82, 2.24) is 5.32 Å². The molecule has 0 unspecified atom stereocenters. The topological polar surface area (TPSA) is 75.6 Å². The molecule has 2 N–H and O–H groups in total. The number of rotatable bonds is 4. The van der Waals surface area contributed by atoms with E-state index in [1.165, 1.54) is 0 Å². The summed E-state index contributed by atoms with van der Waals surface area (Å²) in [6.07, 6.45) is 2.28.